The van der Waals surface area contributed by atoms with Crippen molar-refractivity contribution in [1.29, 1.82) is 0 Å². The van der Waals surface area contributed by atoms with Crippen LogP contribution in [0.15, 0.2) is 36.7 Å². The van der Waals surface area contributed by atoms with E-state index in [9.17, 15) is 0 Å². The van der Waals surface area contributed by atoms with Gasteiger partial charge in [-0.2, -0.15) is 0 Å². The summed E-state index contributed by atoms with van der Waals surface area (Å²) in [5.74, 6) is 2.12. The Morgan fingerprint density at radius 1 is 0.680 bits per heavy atom. The van der Waals surface area contributed by atoms with Crippen LogP contribution in [0.2, 0.25) is 5.02 Å². The Labute approximate surface area is 154 Å². The average molecular weight is 358 g/mol. The minimum atomic E-state index is 0.786. The molecule has 0 amide bonds. The average Bonchev–Trinajstić information content (AvgIpc) is 2.70. The van der Waals surface area contributed by atoms with E-state index >= 15 is 0 Å². The molecular weight excluding hydrogens is 334 g/mol. The molecule has 2 saturated heterocycles. The Kier molecular flexibility index (Phi) is 4.92. The van der Waals surface area contributed by atoms with Crippen molar-refractivity contribution in [3.8, 4) is 0 Å². The highest BCUT2D eigenvalue weighted by Crippen LogP contribution is 2.24. The molecule has 0 bridgehead atoms. The van der Waals surface area contributed by atoms with E-state index in [1.165, 1.54) is 24.9 Å². The molecule has 25 heavy (non-hydrogen) atoms. The third kappa shape index (κ3) is 3.82. The van der Waals surface area contributed by atoms with Crippen molar-refractivity contribution in [3.63, 3.8) is 0 Å². The van der Waals surface area contributed by atoms with Crippen LogP contribution >= 0.6 is 11.6 Å². The molecule has 0 unspecified atom stereocenters. The highest BCUT2D eigenvalue weighted by molar-refractivity contribution is 6.30. The molecule has 0 aliphatic carbocycles. The fraction of sp³-hybridized carbons (Fsp3) is 0.474. The minimum absolute atomic E-state index is 0.786. The lowest BCUT2D eigenvalue weighted by atomic mass is 10.1. The first kappa shape index (κ1) is 16.5. The number of benzene rings is 1. The second-order valence-electron chi connectivity index (χ2n) is 6.73. The molecule has 2 aliphatic heterocycles. The van der Waals surface area contributed by atoms with Crippen LogP contribution in [-0.2, 0) is 0 Å². The van der Waals surface area contributed by atoms with E-state index in [1.54, 1.807) is 6.33 Å². The standard InChI is InChI=1S/C19H24ClN5/c20-16-4-6-17(7-5-16)23-10-12-25(13-11-23)19-14-18(21-15-22-19)24-8-2-1-3-9-24/h4-7,14-15H,1-3,8-13H2. The van der Waals surface area contributed by atoms with E-state index in [4.69, 9.17) is 11.6 Å². The van der Waals surface area contributed by atoms with Crippen molar-refractivity contribution in [2.75, 3.05) is 54.0 Å². The third-order valence-corrected chi connectivity index (χ3v) is 5.37. The predicted molar refractivity (Wildman–Crippen MR) is 104 cm³/mol. The number of piperidine rings is 1. The van der Waals surface area contributed by atoms with E-state index in [0.717, 1.165) is 55.9 Å². The summed E-state index contributed by atoms with van der Waals surface area (Å²) in [6.07, 6.45) is 5.57. The number of aromatic nitrogens is 2. The Hall–Kier alpha value is -2.01. The first-order valence-electron chi connectivity index (χ1n) is 9.12. The van der Waals surface area contributed by atoms with Crippen LogP contribution in [-0.4, -0.2) is 49.2 Å². The van der Waals surface area contributed by atoms with Gasteiger partial charge in [0.25, 0.3) is 0 Å². The molecule has 0 spiro atoms. The van der Waals surface area contributed by atoms with Gasteiger partial charge >= 0.3 is 0 Å². The summed E-state index contributed by atoms with van der Waals surface area (Å²) in [5.41, 5.74) is 1.24. The van der Waals surface area contributed by atoms with E-state index in [1.807, 2.05) is 12.1 Å². The quantitative estimate of drug-likeness (QED) is 0.840. The summed E-state index contributed by atoms with van der Waals surface area (Å²) >= 11 is 5.99. The van der Waals surface area contributed by atoms with Crippen LogP contribution in [0.5, 0.6) is 0 Å². The van der Waals surface area contributed by atoms with Gasteiger partial charge in [0.05, 0.1) is 0 Å². The van der Waals surface area contributed by atoms with Crippen molar-refractivity contribution < 1.29 is 0 Å². The maximum atomic E-state index is 5.99. The van der Waals surface area contributed by atoms with Gasteiger partial charge in [0.2, 0.25) is 0 Å². The van der Waals surface area contributed by atoms with Crippen LogP contribution in [0.4, 0.5) is 17.3 Å². The molecule has 0 radical (unpaired) electrons. The highest BCUT2D eigenvalue weighted by Gasteiger charge is 2.20. The molecule has 1 aromatic carbocycles. The molecule has 3 heterocycles. The fourth-order valence-electron chi connectivity index (χ4n) is 3.65. The maximum absolute atomic E-state index is 5.99. The zero-order chi connectivity index (χ0) is 17.1. The second-order valence-corrected chi connectivity index (χ2v) is 7.17. The van der Waals surface area contributed by atoms with Crippen LogP contribution in [0.25, 0.3) is 0 Å². The molecule has 2 aromatic rings. The Morgan fingerprint density at radius 2 is 1.24 bits per heavy atom. The Morgan fingerprint density at radius 3 is 1.88 bits per heavy atom. The number of nitrogens with zero attached hydrogens (tertiary/aromatic N) is 5. The third-order valence-electron chi connectivity index (χ3n) is 5.11. The van der Waals surface area contributed by atoms with Gasteiger partial charge in [-0.3, -0.25) is 0 Å². The molecule has 5 nitrogen and oxygen atoms in total. The van der Waals surface area contributed by atoms with Gasteiger partial charge in [-0.1, -0.05) is 11.6 Å². The molecule has 4 rings (SSSR count). The Bertz CT molecular complexity index is 691. The van der Waals surface area contributed by atoms with Gasteiger partial charge in [-0.05, 0) is 43.5 Å². The van der Waals surface area contributed by atoms with Gasteiger partial charge in [-0.15, -0.1) is 0 Å². The van der Waals surface area contributed by atoms with Gasteiger partial charge in [0.15, 0.2) is 0 Å². The molecule has 2 fully saturated rings. The lowest BCUT2D eigenvalue weighted by Gasteiger charge is -2.37. The predicted octanol–water partition coefficient (Wildman–Crippen LogP) is 3.45. The monoisotopic (exact) mass is 357 g/mol. The van der Waals surface area contributed by atoms with Crippen molar-refractivity contribution >= 4 is 28.9 Å². The first-order valence-corrected chi connectivity index (χ1v) is 9.50. The lowest BCUT2D eigenvalue weighted by Crippen LogP contribution is -2.47. The smallest absolute Gasteiger partial charge is 0.134 e. The zero-order valence-corrected chi connectivity index (χ0v) is 15.2. The SMILES string of the molecule is Clc1ccc(N2CCN(c3cc(N4CCCCC4)ncn3)CC2)cc1. The van der Waals surface area contributed by atoms with Crippen molar-refractivity contribution in [2.24, 2.45) is 0 Å². The molecule has 132 valence electrons. The lowest BCUT2D eigenvalue weighted by molar-refractivity contribution is 0.572. The van der Waals surface area contributed by atoms with E-state index < -0.39 is 0 Å². The number of anilines is 3. The van der Waals surface area contributed by atoms with Crippen molar-refractivity contribution in [1.82, 2.24) is 9.97 Å². The molecule has 1 aromatic heterocycles. The number of hydrogen-bond acceptors (Lipinski definition) is 5. The molecular formula is C19H24ClN5. The molecule has 0 saturated carbocycles. The van der Waals surface area contributed by atoms with Gasteiger partial charge in [-0.25, -0.2) is 9.97 Å². The van der Waals surface area contributed by atoms with E-state index in [-0.39, 0.29) is 0 Å². The minimum Gasteiger partial charge on any atom is -0.368 e. The largest absolute Gasteiger partial charge is 0.368 e. The molecule has 0 atom stereocenters. The van der Waals surface area contributed by atoms with Gasteiger partial charge in [0.1, 0.15) is 18.0 Å². The van der Waals surface area contributed by atoms with Gasteiger partial charge < -0.3 is 14.7 Å². The highest BCUT2D eigenvalue weighted by atomic mass is 35.5. The van der Waals surface area contributed by atoms with Crippen LogP contribution in [0.1, 0.15) is 19.3 Å². The summed E-state index contributed by atoms with van der Waals surface area (Å²) in [6, 6.07) is 10.3. The fourth-order valence-corrected chi connectivity index (χ4v) is 3.78. The van der Waals surface area contributed by atoms with E-state index in [2.05, 4.69) is 42.9 Å². The Balaban J connectivity index is 1.41. The van der Waals surface area contributed by atoms with Gasteiger partial charge in [0, 0.05) is 56.0 Å². The topological polar surface area (TPSA) is 35.5 Å². The summed E-state index contributed by atoms with van der Waals surface area (Å²) in [4.78, 5) is 16.2. The normalized spacial score (nSPS) is 18.5. The molecule has 6 heteroatoms. The van der Waals surface area contributed by atoms with Crippen molar-refractivity contribution in [3.05, 3.63) is 41.7 Å². The summed E-state index contributed by atoms with van der Waals surface area (Å²) < 4.78 is 0. The summed E-state index contributed by atoms with van der Waals surface area (Å²) in [5, 5.41) is 0.786. The van der Waals surface area contributed by atoms with E-state index in [0.29, 0.717) is 0 Å². The summed E-state index contributed by atoms with van der Waals surface area (Å²) in [6.45, 7) is 6.15. The first-order chi connectivity index (χ1) is 12.3. The molecule has 2 aliphatic rings. The van der Waals surface area contributed by atoms with Crippen LogP contribution in [0.3, 0.4) is 0 Å². The number of halogens is 1. The second kappa shape index (κ2) is 7.48. The number of piperazine rings is 1. The van der Waals surface area contributed by atoms with Crippen LogP contribution < -0.4 is 14.7 Å². The zero-order valence-electron chi connectivity index (χ0n) is 14.4. The van der Waals surface area contributed by atoms with Crippen molar-refractivity contribution in [2.45, 2.75) is 19.3 Å². The van der Waals surface area contributed by atoms with Crippen LogP contribution in [0, 0.1) is 0 Å². The molecule has 0 N–H and O–H groups in total. The maximum Gasteiger partial charge on any atom is 0.134 e. The number of rotatable bonds is 3. The summed E-state index contributed by atoms with van der Waals surface area (Å²) in [7, 11) is 0. The number of hydrogen-bond donors (Lipinski definition) is 0.